The van der Waals surface area contributed by atoms with Gasteiger partial charge in [0.1, 0.15) is 11.4 Å². The summed E-state index contributed by atoms with van der Waals surface area (Å²) in [5, 5.41) is 3.15. The van der Waals surface area contributed by atoms with Crippen molar-refractivity contribution < 1.29 is 23.8 Å². The van der Waals surface area contributed by atoms with Crippen molar-refractivity contribution in [2.24, 2.45) is 0 Å². The molecule has 1 aliphatic rings. The largest absolute Gasteiger partial charge is 0.493 e. The predicted octanol–water partition coefficient (Wildman–Crippen LogP) is 4.81. The van der Waals surface area contributed by atoms with Gasteiger partial charge in [0.05, 0.1) is 32.1 Å². The summed E-state index contributed by atoms with van der Waals surface area (Å²) in [6.45, 7) is 4.22. The number of nitrogens with one attached hydrogen (secondary N) is 1. The van der Waals surface area contributed by atoms with Crippen molar-refractivity contribution in [3.05, 3.63) is 83.6 Å². The first kappa shape index (κ1) is 22.9. The molecular formula is C27H26N2O5. The number of carbonyl (C=O) groups excluding carboxylic acids is 2. The molecule has 0 radical (unpaired) electrons. The van der Waals surface area contributed by atoms with Crippen LogP contribution in [0.4, 0.5) is 11.4 Å². The van der Waals surface area contributed by atoms with Crippen molar-refractivity contribution in [1.82, 2.24) is 0 Å². The smallest absolute Gasteiger partial charge is 0.282 e. The van der Waals surface area contributed by atoms with E-state index in [1.807, 2.05) is 38.1 Å². The average molecular weight is 459 g/mol. The van der Waals surface area contributed by atoms with E-state index < -0.39 is 11.8 Å². The van der Waals surface area contributed by atoms with E-state index in [2.05, 4.69) is 5.32 Å². The molecule has 0 saturated carbocycles. The fraction of sp³-hybridized carbons (Fsp3) is 0.185. The average Bonchev–Trinajstić information content (AvgIpc) is 3.09. The Balaban J connectivity index is 1.82. The Labute approximate surface area is 198 Å². The molecule has 3 aromatic rings. The van der Waals surface area contributed by atoms with Crippen molar-refractivity contribution >= 4 is 28.8 Å². The number of hydrogen-bond donors (Lipinski definition) is 1. The van der Waals surface area contributed by atoms with E-state index in [0.29, 0.717) is 40.8 Å². The van der Waals surface area contributed by atoms with Crippen LogP contribution in [0.25, 0.3) is 5.57 Å². The van der Waals surface area contributed by atoms with Crippen molar-refractivity contribution in [1.29, 1.82) is 0 Å². The molecule has 0 aliphatic carbocycles. The maximum Gasteiger partial charge on any atom is 0.282 e. The number of benzene rings is 3. The predicted molar refractivity (Wildman–Crippen MR) is 131 cm³/mol. The Morgan fingerprint density at radius 2 is 1.53 bits per heavy atom. The summed E-state index contributed by atoms with van der Waals surface area (Å²) in [5.74, 6) is 0.621. The van der Waals surface area contributed by atoms with Gasteiger partial charge in [0.15, 0.2) is 11.5 Å². The van der Waals surface area contributed by atoms with Crippen LogP contribution in [-0.4, -0.2) is 32.6 Å². The van der Waals surface area contributed by atoms with E-state index in [1.54, 1.807) is 49.6 Å². The summed E-state index contributed by atoms with van der Waals surface area (Å²) in [7, 11) is 3.09. The number of nitrogens with zero attached hydrogens (tertiary/aromatic N) is 1. The Morgan fingerprint density at radius 1 is 0.824 bits per heavy atom. The third kappa shape index (κ3) is 4.20. The molecule has 3 aromatic carbocycles. The molecule has 0 bridgehead atoms. The SMILES string of the molecule is CCOc1ccccc1N1C(=O)C(Nc2ccc(OC)c(OC)c2)=C(c2ccc(C)cc2)C1=O. The van der Waals surface area contributed by atoms with Crippen LogP contribution in [-0.2, 0) is 9.59 Å². The van der Waals surface area contributed by atoms with Gasteiger partial charge in [-0.25, -0.2) is 4.90 Å². The Kier molecular flexibility index (Phi) is 6.54. The molecular weight excluding hydrogens is 432 g/mol. The number of para-hydroxylation sites is 2. The lowest BCUT2D eigenvalue weighted by Crippen LogP contribution is -2.32. The summed E-state index contributed by atoms with van der Waals surface area (Å²) in [5.41, 5.74) is 3.13. The highest BCUT2D eigenvalue weighted by atomic mass is 16.5. The number of methoxy groups -OCH3 is 2. The zero-order valence-electron chi connectivity index (χ0n) is 19.5. The van der Waals surface area contributed by atoms with E-state index in [0.717, 1.165) is 10.5 Å². The number of imide groups is 1. The second-order valence-corrected chi connectivity index (χ2v) is 7.66. The van der Waals surface area contributed by atoms with Crippen LogP contribution in [0.1, 0.15) is 18.1 Å². The topological polar surface area (TPSA) is 77.1 Å². The third-order valence-electron chi connectivity index (χ3n) is 5.48. The van der Waals surface area contributed by atoms with Crippen LogP contribution in [0.2, 0.25) is 0 Å². The fourth-order valence-electron chi connectivity index (χ4n) is 3.83. The minimum absolute atomic E-state index is 0.173. The monoisotopic (exact) mass is 458 g/mol. The molecule has 0 spiro atoms. The van der Waals surface area contributed by atoms with Crippen molar-refractivity contribution in [3.63, 3.8) is 0 Å². The standard InChI is InChI=1S/C27H26N2O5/c1-5-34-21-9-7-6-8-20(21)29-26(30)24(18-12-10-17(2)11-13-18)25(27(29)31)28-19-14-15-22(32-3)23(16-19)33-4/h6-16,28H,5H2,1-4H3. The van der Waals surface area contributed by atoms with Gasteiger partial charge in [0, 0.05) is 11.8 Å². The number of rotatable bonds is 8. The molecule has 1 aliphatic heterocycles. The summed E-state index contributed by atoms with van der Waals surface area (Å²) in [6, 6.07) is 19.7. The first-order valence-corrected chi connectivity index (χ1v) is 10.9. The molecule has 0 fully saturated rings. The van der Waals surface area contributed by atoms with Crippen molar-refractivity contribution in [2.45, 2.75) is 13.8 Å². The van der Waals surface area contributed by atoms with Crippen molar-refractivity contribution in [3.8, 4) is 17.2 Å². The van der Waals surface area contributed by atoms with Gasteiger partial charge in [0.2, 0.25) is 0 Å². The minimum atomic E-state index is -0.470. The molecule has 7 nitrogen and oxygen atoms in total. The van der Waals surface area contributed by atoms with Crippen LogP contribution in [0.3, 0.4) is 0 Å². The molecule has 0 aromatic heterocycles. The molecule has 4 rings (SSSR count). The lowest BCUT2D eigenvalue weighted by atomic mass is 10.0. The Hall–Kier alpha value is -4.26. The summed E-state index contributed by atoms with van der Waals surface area (Å²) >= 11 is 0. The number of carbonyl (C=O) groups is 2. The lowest BCUT2D eigenvalue weighted by Gasteiger charge is -2.19. The van der Waals surface area contributed by atoms with E-state index in [-0.39, 0.29) is 11.3 Å². The molecule has 34 heavy (non-hydrogen) atoms. The second-order valence-electron chi connectivity index (χ2n) is 7.66. The maximum atomic E-state index is 13.7. The van der Waals surface area contributed by atoms with E-state index in [1.165, 1.54) is 7.11 Å². The number of hydrogen-bond acceptors (Lipinski definition) is 6. The number of aryl methyl sites for hydroxylation is 1. The van der Waals surface area contributed by atoms with Crippen LogP contribution >= 0.6 is 0 Å². The molecule has 1 heterocycles. The fourth-order valence-corrected chi connectivity index (χ4v) is 3.83. The first-order chi connectivity index (χ1) is 16.5. The summed E-state index contributed by atoms with van der Waals surface area (Å²) < 4.78 is 16.4. The molecule has 0 unspecified atom stereocenters. The Bertz CT molecular complexity index is 1260. The van der Waals surface area contributed by atoms with E-state index in [4.69, 9.17) is 14.2 Å². The molecule has 2 amide bonds. The first-order valence-electron chi connectivity index (χ1n) is 10.9. The van der Waals surface area contributed by atoms with Gasteiger partial charge < -0.3 is 19.5 Å². The molecule has 1 N–H and O–H groups in total. The van der Waals surface area contributed by atoms with Crippen LogP contribution < -0.4 is 24.4 Å². The van der Waals surface area contributed by atoms with Gasteiger partial charge in [0.25, 0.3) is 11.8 Å². The second kappa shape index (κ2) is 9.70. The number of anilines is 2. The van der Waals surface area contributed by atoms with Crippen LogP contribution in [0.5, 0.6) is 17.2 Å². The van der Waals surface area contributed by atoms with Gasteiger partial charge in [-0.1, -0.05) is 42.0 Å². The van der Waals surface area contributed by atoms with Crippen molar-refractivity contribution in [2.75, 3.05) is 31.0 Å². The van der Waals surface area contributed by atoms with E-state index in [9.17, 15) is 9.59 Å². The highest BCUT2D eigenvalue weighted by Crippen LogP contribution is 2.39. The zero-order chi connectivity index (χ0) is 24.2. The molecule has 7 heteroatoms. The van der Waals surface area contributed by atoms with Gasteiger partial charge in [-0.05, 0) is 43.7 Å². The quantitative estimate of drug-likeness (QED) is 0.489. The molecule has 0 saturated heterocycles. The van der Waals surface area contributed by atoms with Gasteiger partial charge in [-0.2, -0.15) is 0 Å². The normalized spacial score (nSPS) is 13.4. The number of ether oxygens (including phenoxy) is 3. The zero-order valence-corrected chi connectivity index (χ0v) is 19.5. The van der Waals surface area contributed by atoms with Gasteiger partial charge in [-0.15, -0.1) is 0 Å². The van der Waals surface area contributed by atoms with Gasteiger partial charge >= 0.3 is 0 Å². The highest BCUT2D eigenvalue weighted by molar-refractivity contribution is 6.46. The summed E-state index contributed by atoms with van der Waals surface area (Å²) in [6.07, 6.45) is 0. The minimum Gasteiger partial charge on any atom is -0.493 e. The Morgan fingerprint density at radius 3 is 2.21 bits per heavy atom. The van der Waals surface area contributed by atoms with E-state index >= 15 is 0 Å². The molecule has 174 valence electrons. The lowest BCUT2D eigenvalue weighted by molar-refractivity contribution is -0.120. The number of amides is 2. The van der Waals surface area contributed by atoms with Gasteiger partial charge in [-0.3, -0.25) is 9.59 Å². The molecule has 0 atom stereocenters. The maximum absolute atomic E-state index is 13.7. The third-order valence-corrected chi connectivity index (χ3v) is 5.48. The van der Waals surface area contributed by atoms with Crippen LogP contribution in [0, 0.1) is 6.92 Å². The highest BCUT2D eigenvalue weighted by Gasteiger charge is 2.41. The summed E-state index contributed by atoms with van der Waals surface area (Å²) in [4.78, 5) is 28.5. The van der Waals surface area contributed by atoms with Crippen LogP contribution in [0.15, 0.2) is 72.4 Å².